The van der Waals surface area contributed by atoms with Crippen molar-refractivity contribution >= 4 is 29.8 Å². The number of carbonyl (C=O) groups excluding carboxylic acids is 1. The van der Waals surface area contributed by atoms with Crippen LogP contribution in [0.25, 0.3) is 0 Å². The van der Waals surface area contributed by atoms with Crippen molar-refractivity contribution in [3.63, 3.8) is 0 Å². The molecule has 0 radical (unpaired) electrons. The van der Waals surface area contributed by atoms with E-state index in [0.29, 0.717) is 5.69 Å². The molecule has 6 nitrogen and oxygen atoms in total. The van der Waals surface area contributed by atoms with Crippen molar-refractivity contribution < 1.29 is 23.6 Å². The number of halogens is 1. The van der Waals surface area contributed by atoms with Gasteiger partial charge in [-0.3, -0.25) is 4.84 Å². The fourth-order valence-electron chi connectivity index (χ4n) is 1.99. The number of para-hydroxylation sites is 1. The molecule has 2 aromatic rings. The SMILES string of the molecule is CC(C(=O)OP(=O)(O)Cl)N(OCc1ccccc1)c1ccccc1. The van der Waals surface area contributed by atoms with E-state index in [0.717, 1.165) is 5.56 Å². The third kappa shape index (κ3) is 5.65. The molecule has 0 bridgehead atoms. The van der Waals surface area contributed by atoms with Crippen LogP contribution in [0, 0.1) is 0 Å². The summed E-state index contributed by atoms with van der Waals surface area (Å²) in [6, 6.07) is 17.3. The largest absolute Gasteiger partial charge is 0.476 e. The van der Waals surface area contributed by atoms with Gasteiger partial charge in [0.15, 0.2) is 6.04 Å². The maximum Gasteiger partial charge on any atom is 0.476 e. The number of benzene rings is 2. The molecule has 0 fully saturated rings. The van der Waals surface area contributed by atoms with Gasteiger partial charge in [0.2, 0.25) is 0 Å². The Morgan fingerprint density at radius 3 is 2.25 bits per heavy atom. The molecule has 8 heteroatoms. The Labute approximate surface area is 144 Å². The number of rotatable bonds is 7. The monoisotopic (exact) mass is 369 g/mol. The molecule has 2 atom stereocenters. The van der Waals surface area contributed by atoms with Crippen LogP contribution in [-0.2, 0) is 25.3 Å². The van der Waals surface area contributed by atoms with Gasteiger partial charge in [0.25, 0.3) is 0 Å². The molecule has 0 saturated carbocycles. The average Bonchev–Trinajstić information content (AvgIpc) is 2.55. The van der Waals surface area contributed by atoms with Crippen molar-refractivity contribution in [1.29, 1.82) is 0 Å². The zero-order valence-corrected chi connectivity index (χ0v) is 14.6. The van der Waals surface area contributed by atoms with Crippen LogP contribution in [0.1, 0.15) is 12.5 Å². The molecular formula is C16H17ClNO5P. The van der Waals surface area contributed by atoms with Crippen LogP contribution < -0.4 is 5.06 Å². The van der Waals surface area contributed by atoms with Crippen LogP contribution in [0.4, 0.5) is 5.69 Å². The Balaban J connectivity index is 2.16. The van der Waals surface area contributed by atoms with E-state index >= 15 is 0 Å². The summed E-state index contributed by atoms with van der Waals surface area (Å²) in [5.74, 6) is -0.965. The number of hydroxylamine groups is 1. The minimum absolute atomic E-state index is 0.213. The standard InChI is InChI=1S/C16H17ClNO5P/c1-13(16(19)23-24(17,20)21)18(15-10-6-3-7-11-15)22-12-14-8-4-2-5-9-14/h2-11,13H,12H2,1H3,(H,20,21). The van der Waals surface area contributed by atoms with Crippen molar-refractivity contribution in [1.82, 2.24) is 0 Å². The van der Waals surface area contributed by atoms with E-state index in [1.807, 2.05) is 36.4 Å². The lowest BCUT2D eigenvalue weighted by Gasteiger charge is -2.28. The number of nitrogens with zero attached hydrogens (tertiary/aromatic N) is 1. The van der Waals surface area contributed by atoms with Gasteiger partial charge in [-0.1, -0.05) is 48.5 Å². The third-order valence-corrected chi connectivity index (χ3v) is 3.73. The lowest BCUT2D eigenvalue weighted by Crippen LogP contribution is -2.39. The van der Waals surface area contributed by atoms with E-state index < -0.39 is 19.0 Å². The number of carbonyl (C=O) groups is 1. The second-order valence-electron chi connectivity index (χ2n) is 4.96. The molecule has 0 amide bonds. The number of hydrogen-bond acceptors (Lipinski definition) is 5. The first-order valence-electron chi connectivity index (χ1n) is 7.14. The second-order valence-corrected chi connectivity index (χ2v) is 7.33. The van der Waals surface area contributed by atoms with Crippen LogP contribution >= 0.6 is 18.2 Å². The van der Waals surface area contributed by atoms with Gasteiger partial charge in [0, 0.05) is 11.2 Å². The van der Waals surface area contributed by atoms with Crippen molar-refractivity contribution in [2.45, 2.75) is 19.6 Å². The van der Waals surface area contributed by atoms with E-state index in [4.69, 9.17) is 21.0 Å². The first-order chi connectivity index (χ1) is 11.4. The second kappa shape index (κ2) is 8.31. The smallest absolute Gasteiger partial charge is 0.379 e. The number of anilines is 1. The zero-order valence-electron chi connectivity index (χ0n) is 12.9. The quantitative estimate of drug-likeness (QED) is 0.589. The summed E-state index contributed by atoms with van der Waals surface area (Å²) >= 11 is 5.10. The average molecular weight is 370 g/mol. The van der Waals surface area contributed by atoms with Crippen LogP contribution in [0.2, 0.25) is 0 Å². The molecule has 0 aliphatic heterocycles. The van der Waals surface area contributed by atoms with Crippen molar-refractivity contribution in [2.24, 2.45) is 0 Å². The maximum absolute atomic E-state index is 12.0. The van der Waals surface area contributed by atoms with E-state index in [2.05, 4.69) is 4.52 Å². The van der Waals surface area contributed by atoms with Gasteiger partial charge in [-0.25, -0.2) is 14.4 Å². The summed E-state index contributed by atoms with van der Waals surface area (Å²) in [6.45, 7) is -2.74. The van der Waals surface area contributed by atoms with Crippen LogP contribution in [0.5, 0.6) is 0 Å². The summed E-state index contributed by atoms with van der Waals surface area (Å²) in [7, 11) is 0. The highest BCUT2D eigenvalue weighted by molar-refractivity contribution is 7.80. The highest BCUT2D eigenvalue weighted by Gasteiger charge is 2.30. The Kier molecular flexibility index (Phi) is 6.40. The van der Waals surface area contributed by atoms with E-state index in [-0.39, 0.29) is 6.61 Å². The van der Waals surface area contributed by atoms with E-state index in [9.17, 15) is 9.36 Å². The Bertz CT molecular complexity index is 707. The summed E-state index contributed by atoms with van der Waals surface area (Å²) in [5, 5.41) is 1.32. The molecular weight excluding hydrogens is 353 g/mol. The van der Waals surface area contributed by atoms with Gasteiger partial charge >= 0.3 is 12.9 Å². The minimum Gasteiger partial charge on any atom is -0.379 e. The van der Waals surface area contributed by atoms with Crippen molar-refractivity contribution in [2.75, 3.05) is 5.06 Å². The Morgan fingerprint density at radius 1 is 1.17 bits per heavy atom. The molecule has 2 rings (SSSR count). The van der Waals surface area contributed by atoms with Crippen LogP contribution in [-0.4, -0.2) is 16.9 Å². The Hall–Kier alpha value is -1.85. The normalized spacial score (nSPS) is 14.5. The molecule has 0 saturated heterocycles. The molecule has 0 heterocycles. The molecule has 1 N–H and O–H groups in total. The molecule has 0 aliphatic rings. The van der Waals surface area contributed by atoms with E-state index in [1.54, 1.807) is 24.3 Å². The molecule has 128 valence electrons. The molecule has 0 aliphatic carbocycles. The predicted octanol–water partition coefficient (Wildman–Crippen LogP) is 3.90. The number of hydrogen-bond donors (Lipinski definition) is 1. The first-order valence-corrected chi connectivity index (χ1v) is 9.62. The topological polar surface area (TPSA) is 76.1 Å². The van der Waals surface area contributed by atoms with Gasteiger partial charge in [-0.2, -0.15) is 0 Å². The molecule has 2 aromatic carbocycles. The van der Waals surface area contributed by atoms with Gasteiger partial charge in [0.05, 0.1) is 12.3 Å². The Morgan fingerprint density at radius 2 is 1.71 bits per heavy atom. The van der Waals surface area contributed by atoms with Crippen molar-refractivity contribution in [3.8, 4) is 0 Å². The zero-order chi connectivity index (χ0) is 17.6. The third-order valence-electron chi connectivity index (χ3n) is 3.12. The fourth-order valence-corrected chi connectivity index (χ4v) is 2.56. The van der Waals surface area contributed by atoms with Gasteiger partial charge in [0.1, 0.15) is 0 Å². The fraction of sp³-hybridized carbons (Fsp3) is 0.188. The van der Waals surface area contributed by atoms with Gasteiger partial charge < -0.3 is 9.42 Å². The predicted molar refractivity (Wildman–Crippen MR) is 91.4 cm³/mol. The summed E-state index contributed by atoms with van der Waals surface area (Å²) < 4.78 is 15.5. The lowest BCUT2D eigenvalue weighted by molar-refractivity contribution is -0.138. The summed E-state index contributed by atoms with van der Waals surface area (Å²) in [4.78, 5) is 26.8. The van der Waals surface area contributed by atoms with E-state index in [1.165, 1.54) is 12.0 Å². The molecule has 0 spiro atoms. The summed E-state index contributed by atoms with van der Waals surface area (Å²) in [6.07, 6.45) is 0. The molecule has 2 unspecified atom stereocenters. The van der Waals surface area contributed by atoms with Crippen LogP contribution in [0.3, 0.4) is 0 Å². The minimum atomic E-state index is -4.44. The molecule has 0 aromatic heterocycles. The van der Waals surface area contributed by atoms with Gasteiger partial charge in [-0.05, 0) is 24.6 Å². The maximum atomic E-state index is 12.0. The first kappa shape index (κ1) is 18.5. The highest BCUT2D eigenvalue weighted by atomic mass is 35.7. The lowest BCUT2D eigenvalue weighted by atomic mass is 10.2. The molecule has 24 heavy (non-hydrogen) atoms. The van der Waals surface area contributed by atoms with Crippen molar-refractivity contribution in [3.05, 3.63) is 66.2 Å². The van der Waals surface area contributed by atoms with Crippen LogP contribution in [0.15, 0.2) is 60.7 Å². The highest BCUT2D eigenvalue weighted by Crippen LogP contribution is 2.48. The van der Waals surface area contributed by atoms with Gasteiger partial charge in [-0.15, -0.1) is 0 Å². The summed E-state index contributed by atoms with van der Waals surface area (Å²) in [5.41, 5.74) is 1.50.